The van der Waals surface area contributed by atoms with E-state index in [2.05, 4.69) is 31.9 Å². The van der Waals surface area contributed by atoms with E-state index >= 15 is 0 Å². The quantitative estimate of drug-likeness (QED) is 0.758. The molecule has 0 saturated heterocycles. The number of hydrogen-bond acceptors (Lipinski definition) is 2. The molecule has 17 heavy (non-hydrogen) atoms. The van der Waals surface area contributed by atoms with Gasteiger partial charge in [-0.2, -0.15) is 5.10 Å². The van der Waals surface area contributed by atoms with Crippen LogP contribution in [0.3, 0.4) is 0 Å². The molecule has 1 unspecified atom stereocenters. The zero-order valence-electron chi connectivity index (χ0n) is 11.1. The van der Waals surface area contributed by atoms with Crippen molar-refractivity contribution in [2.24, 2.45) is 11.8 Å². The lowest BCUT2D eigenvalue weighted by Gasteiger charge is -2.09. The fraction of sp³-hybridized carbons (Fsp3) is 0.714. The maximum absolute atomic E-state index is 12.1. The number of aryl methyl sites for hydroxylation is 2. The molecule has 3 nitrogen and oxygen atoms in total. The van der Waals surface area contributed by atoms with Crippen LogP contribution in [0.2, 0.25) is 0 Å². The summed E-state index contributed by atoms with van der Waals surface area (Å²) < 4.78 is 1.97. The van der Waals surface area contributed by atoms with E-state index in [1.807, 2.05) is 4.68 Å². The number of nitrogens with zero attached hydrogens (tertiary/aromatic N) is 2. The predicted octanol–water partition coefficient (Wildman–Crippen LogP) is 2.62. The number of ketones is 1. The topological polar surface area (TPSA) is 34.9 Å². The Labute approximate surface area is 103 Å². The van der Waals surface area contributed by atoms with Gasteiger partial charge in [0.25, 0.3) is 0 Å². The molecule has 1 fully saturated rings. The Morgan fingerprint density at radius 2 is 2.24 bits per heavy atom. The zero-order valence-corrected chi connectivity index (χ0v) is 11.1. The van der Waals surface area contributed by atoms with Crippen molar-refractivity contribution in [3.05, 3.63) is 17.5 Å². The van der Waals surface area contributed by atoms with E-state index in [0.717, 1.165) is 24.4 Å². The van der Waals surface area contributed by atoms with Crippen molar-refractivity contribution in [2.75, 3.05) is 0 Å². The second kappa shape index (κ2) is 5.03. The molecule has 1 atom stereocenters. The lowest BCUT2D eigenvalue weighted by atomic mass is 9.97. The van der Waals surface area contributed by atoms with Gasteiger partial charge in [-0.15, -0.1) is 0 Å². The highest BCUT2D eigenvalue weighted by molar-refractivity contribution is 5.83. The van der Waals surface area contributed by atoms with Crippen LogP contribution in [-0.2, 0) is 24.2 Å². The Bertz CT molecular complexity index is 404. The van der Waals surface area contributed by atoms with Gasteiger partial charge in [0.15, 0.2) is 0 Å². The maximum atomic E-state index is 12.1. The third-order valence-electron chi connectivity index (χ3n) is 3.77. The van der Waals surface area contributed by atoms with Crippen LogP contribution in [0.5, 0.6) is 0 Å². The minimum atomic E-state index is 0.236. The molecule has 1 saturated carbocycles. The summed E-state index contributed by atoms with van der Waals surface area (Å²) in [6.07, 6.45) is 3.96. The van der Waals surface area contributed by atoms with Crippen molar-refractivity contribution in [1.29, 1.82) is 0 Å². The van der Waals surface area contributed by atoms with Gasteiger partial charge in [-0.1, -0.05) is 13.8 Å². The normalized spacial score (nSPS) is 17.1. The molecule has 0 amide bonds. The van der Waals surface area contributed by atoms with Gasteiger partial charge in [-0.25, -0.2) is 0 Å². The molecule has 1 heterocycles. The highest BCUT2D eigenvalue weighted by Crippen LogP contribution is 2.37. The Kier molecular flexibility index (Phi) is 3.65. The van der Waals surface area contributed by atoms with Crippen LogP contribution in [0.15, 0.2) is 6.07 Å². The second-order valence-corrected chi connectivity index (χ2v) is 5.07. The first-order chi connectivity index (χ1) is 8.15. The number of rotatable bonds is 6. The Morgan fingerprint density at radius 3 is 2.76 bits per heavy atom. The van der Waals surface area contributed by atoms with Gasteiger partial charge in [0, 0.05) is 24.6 Å². The molecule has 0 radical (unpaired) electrons. The highest BCUT2D eigenvalue weighted by atomic mass is 16.1. The van der Waals surface area contributed by atoms with Crippen molar-refractivity contribution in [3.8, 4) is 0 Å². The molecule has 0 bridgehead atoms. The number of carbonyl (C=O) groups excluding carboxylic acids is 1. The fourth-order valence-electron chi connectivity index (χ4n) is 2.30. The molecule has 3 heteroatoms. The zero-order chi connectivity index (χ0) is 12.4. The van der Waals surface area contributed by atoms with E-state index in [1.54, 1.807) is 0 Å². The molecule has 1 aliphatic rings. The minimum absolute atomic E-state index is 0.236. The van der Waals surface area contributed by atoms with Crippen molar-refractivity contribution >= 4 is 5.78 Å². The van der Waals surface area contributed by atoms with Crippen LogP contribution < -0.4 is 0 Å². The third-order valence-corrected chi connectivity index (χ3v) is 3.77. The summed E-state index contributed by atoms with van der Waals surface area (Å²) in [4.78, 5) is 12.1. The van der Waals surface area contributed by atoms with Crippen LogP contribution in [0.1, 0.15) is 45.0 Å². The summed E-state index contributed by atoms with van der Waals surface area (Å²) in [5.74, 6) is 1.27. The average Bonchev–Trinajstić information content (AvgIpc) is 3.10. The van der Waals surface area contributed by atoms with Gasteiger partial charge in [0.05, 0.1) is 5.69 Å². The molecule has 0 N–H and O–H groups in total. The Hall–Kier alpha value is -1.12. The molecule has 0 aliphatic heterocycles. The summed E-state index contributed by atoms with van der Waals surface area (Å²) in [7, 11) is 0. The minimum Gasteiger partial charge on any atom is -0.299 e. The summed E-state index contributed by atoms with van der Waals surface area (Å²) in [5.41, 5.74) is 2.18. The lowest BCUT2D eigenvalue weighted by molar-refractivity contribution is -0.122. The van der Waals surface area contributed by atoms with Crippen LogP contribution >= 0.6 is 0 Å². The summed E-state index contributed by atoms with van der Waals surface area (Å²) in [6.45, 7) is 7.10. The molecule has 2 rings (SSSR count). The van der Waals surface area contributed by atoms with E-state index < -0.39 is 0 Å². The molecular weight excluding hydrogens is 212 g/mol. The molecule has 94 valence electrons. The van der Waals surface area contributed by atoms with E-state index in [4.69, 9.17) is 0 Å². The van der Waals surface area contributed by atoms with Crippen molar-refractivity contribution in [1.82, 2.24) is 9.78 Å². The SMILES string of the molecule is CCc1cc(CC(=O)C(C)C2CC2)n(CC)n1. The van der Waals surface area contributed by atoms with Gasteiger partial charge < -0.3 is 0 Å². The standard InChI is InChI=1S/C14H22N2O/c1-4-12-8-13(16(5-2)15-12)9-14(17)10(3)11-6-7-11/h8,10-11H,4-7,9H2,1-3H3. The van der Waals surface area contributed by atoms with Crippen LogP contribution in [0.25, 0.3) is 0 Å². The molecule has 1 aliphatic carbocycles. The summed E-state index contributed by atoms with van der Waals surface area (Å²) in [5, 5.41) is 4.48. The molecule has 0 aromatic carbocycles. The number of carbonyl (C=O) groups is 1. The highest BCUT2D eigenvalue weighted by Gasteiger charge is 2.32. The lowest BCUT2D eigenvalue weighted by Crippen LogP contribution is -2.17. The largest absolute Gasteiger partial charge is 0.299 e. The first kappa shape index (κ1) is 12.3. The average molecular weight is 234 g/mol. The Morgan fingerprint density at radius 1 is 1.53 bits per heavy atom. The van der Waals surface area contributed by atoms with Gasteiger partial charge in [-0.3, -0.25) is 9.48 Å². The molecular formula is C14H22N2O. The van der Waals surface area contributed by atoms with Gasteiger partial charge in [0.1, 0.15) is 5.78 Å². The van der Waals surface area contributed by atoms with Gasteiger partial charge >= 0.3 is 0 Å². The van der Waals surface area contributed by atoms with Gasteiger partial charge in [0.2, 0.25) is 0 Å². The number of aromatic nitrogens is 2. The number of Topliss-reactive ketones (excluding diaryl/α,β-unsaturated/α-hetero) is 1. The van der Waals surface area contributed by atoms with Crippen LogP contribution in [0.4, 0.5) is 0 Å². The monoisotopic (exact) mass is 234 g/mol. The molecule has 0 spiro atoms. The molecule has 1 aromatic rings. The van der Waals surface area contributed by atoms with Crippen LogP contribution in [0, 0.1) is 11.8 Å². The summed E-state index contributed by atoms with van der Waals surface area (Å²) >= 11 is 0. The van der Waals surface area contributed by atoms with E-state index in [0.29, 0.717) is 18.1 Å². The number of hydrogen-bond donors (Lipinski definition) is 0. The van der Waals surface area contributed by atoms with E-state index in [-0.39, 0.29) is 5.92 Å². The van der Waals surface area contributed by atoms with Crippen LogP contribution in [-0.4, -0.2) is 15.6 Å². The van der Waals surface area contributed by atoms with E-state index in [9.17, 15) is 4.79 Å². The van der Waals surface area contributed by atoms with Crippen molar-refractivity contribution < 1.29 is 4.79 Å². The molecule has 1 aromatic heterocycles. The Balaban J connectivity index is 2.05. The van der Waals surface area contributed by atoms with E-state index in [1.165, 1.54) is 12.8 Å². The smallest absolute Gasteiger partial charge is 0.141 e. The predicted molar refractivity (Wildman–Crippen MR) is 67.9 cm³/mol. The fourth-order valence-corrected chi connectivity index (χ4v) is 2.30. The van der Waals surface area contributed by atoms with Gasteiger partial charge in [-0.05, 0) is 38.2 Å². The first-order valence-electron chi connectivity index (χ1n) is 6.74. The first-order valence-corrected chi connectivity index (χ1v) is 6.74. The van der Waals surface area contributed by atoms with Crippen molar-refractivity contribution in [3.63, 3.8) is 0 Å². The summed E-state index contributed by atoms with van der Waals surface area (Å²) in [6, 6.07) is 2.08. The maximum Gasteiger partial charge on any atom is 0.141 e. The van der Waals surface area contributed by atoms with Crippen molar-refractivity contribution in [2.45, 2.75) is 53.0 Å². The second-order valence-electron chi connectivity index (χ2n) is 5.07. The third kappa shape index (κ3) is 2.76.